The molecule has 1 N–H and O–H groups in total. The van der Waals surface area contributed by atoms with Crippen LogP contribution in [0.2, 0.25) is 0 Å². The van der Waals surface area contributed by atoms with E-state index in [1.165, 1.54) is 0 Å². The van der Waals surface area contributed by atoms with Gasteiger partial charge in [-0.15, -0.1) is 10.2 Å². The molecule has 3 heterocycles. The van der Waals surface area contributed by atoms with Crippen LogP contribution in [0.4, 0.5) is 5.95 Å². The van der Waals surface area contributed by atoms with E-state index in [2.05, 4.69) is 20.4 Å². The summed E-state index contributed by atoms with van der Waals surface area (Å²) < 4.78 is 12.6. The Bertz CT molecular complexity index is 1000. The predicted molar refractivity (Wildman–Crippen MR) is 109 cm³/mol. The largest absolute Gasteiger partial charge is 0.493 e. The number of carbonyl (C=O) groups excluding carboxylic acids is 1. The Morgan fingerprint density at radius 3 is 2.86 bits per heavy atom. The number of aromatic nitrogens is 3. The Balaban J connectivity index is 1.40. The van der Waals surface area contributed by atoms with Crippen molar-refractivity contribution in [3.63, 3.8) is 0 Å². The summed E-state index contributed by atoms with van der Waals surface area (Å²) in [6, 6.07) is 11.5. The lowest BCUT2D eigenvalue weighted by Gasteiger charge is -2.32. The summed E-state index contributed by atoms with van der Waals surface area (Å²) in [6.45, 7) is 1.95. The van der Waals surface area contributed by atoms with Crippen molar-refractivity contribution in [3.8, 4) is 11.5 Å². The highest BCUT2D eigenvalue weighted by molar-refractivity contribution is 5.79. The van der Waals surface area contributed by atoms with Crippen molar-refractivity contribution >= 4 is 17.5 Å². The number of hydrogen-bond acceptors (Lipinski definition) is 6. The monoisotopic (exact) mass is 395 g/mol. The van der Waals surface area contributed by atoms with Crippen molar-refractivity contribution in [2.45, 2.75) is 19.4 Å². The van der Waals surface area contributed by atoms with Gasteiger partial charge in [-0.3, -0.25) is 9.20 Å². The van der Waals surface area contributed by atoms with E-state index in [9.17, 15) is 4.79 Å². The quantitative estimate of drug-likeness (QED) is 0.690. The Morgan fingerprint density at radius 2 is 2.03 bits per heavy atom. The first kappa shape index (κ1) is 19.0. The minimum absolute atomic E-state index is 0.0540. The first-order valence-electron chi connectivity index (χ1n) is 9.73. The third-order valence-corrected chi connectivity index (χ3v) is 5.29. The molecule has 0 bridgehead atoms. The van der Waals surface area contributed by atoms with Crippen LogP contribution in [0, 0.1) is 5.92 Å². The Hall–Kier alpha value is -3.29. The standard InChI is InChI=1S/C21H25N5O3/c1-28-17-9-8-15(12-18(17)29-2)13-22-20(27)16-6-5-10-25(14-16)21-24-23-19-7-3-4-11-26(19)21/h3-4,7-9,11-12,16H,5-6,10,13-14H2,1-2H3,(H,22,27). The summed E-state index contributed by atoms with van der Waals surface area (Å²) >= 11 is 0. The molecule has 1 amide bonds. The van der Waals surface area contributed by atoms with Gasteiger partial charge in [0.1, 0.15) is 0 Å². The molecule has 1 aliphatic rings. The smallest absolute Gasteiger partial charge is 0.231 e. The summed E-state index contributed by atoms with van der Waals surface area (Å²) in [7, 11) is 3.21. The fraction of sp³-hybridized carbons (Fsp3) is 0.381. The number of piperidine rings is 1. The number of carbonyl (C=O) groups is 1. The van der Waals surface area contributed by atoms with E-state index in [4.69, 9.17) is 9.47 Å². The summed E-state index contributed by atoms with van der Waals surface area (Å²) in [5.41, 5.74) is 1.77. The Morgan fingerprint density at radius 1 is 1.17 bits per heavy atom. The Labute approximate surface area is 169 Å². The Kier molecular flexibility index (Phi) is 5.50. The van der Waals surface area contributed by atoms with Gasteiger partial charge in [0, 0.05) is 25.8 Å². The van der Waals surface area contributed by atoms with Crippen LogP contribution in [-0.4, -0.2) is 47.8 Å². The molecule has 152 valence electrons. The zero-order valence-corrected chi connectivity index (χ0v) is 16.7. The lowest BCUT2D eigenvalue weighted by atomic mass is 9.97. The molecule has 1 saturated heterocycles. The van der Waals surface area contributed by atoms with Gasteiger partial charge in [-0.25, -0.2) is 0 Å². The molecule has 0 aliphatic carbocycles. The van der Waals surface area contributed by atoms with Crippen LogP contribution in [0.1, 0.15) is 18.4 Å². The maximum absolute atomic E-state index is 12.8. The number of hydrogen-bond donors (Lipinski definition) is 1. The van der Waals surface area contributed by atoms with Crippen LogP contribution in [-0.2, 0) is 11.3 Å². The molecule has 0 saturated carbocycles. The van der Waals surface area contributed by atoms with Gasteiger partial charge in [-0.2, -0.15) is 0 Å². The molecule has 1 aliphatic heterocycles. The molecular formula is C21H25N5O3. The third-order valence-electron chi connectivity index (χ3n) is 5.29. The minimum atomic E-state index is -0.0834. The van der Waals surface area contributed by atoms with Gasteiger partial charge in [-0.05, 0) is 42.7 Å². The summed E-state index contributed by atoms with van der Waals surface area (Å²) in [6.07, 6.45) is 3.76. The second-order valence-corrected chi connectivity index (χ2v) is 7.12. The number of anilines is 1. The maximum Gasteiger partial charge on any atom is 0.231 e. The van der Waals surface area contributed by atoms with E-state index in [0.717, 1.165) is 36.5 Å². The highest BCUT2D eigenvalue weighted by Crippen LogP contribution is 2.27. The van der Waals surface area contributed by atoms with Crippen LogP contribution in [0.5, 0.6) is 11.5 Å². The van der Waals surface area contributed by atoms with Gasteiger partial charge < -0.3 is 19.7 Å². The average molecular weight is 395 g/mol. The SMILES string of the molecule is COc1ccc(CNC(=O)C2CCCN(c3nnc4ccccn34)C2)cc1OC. The molecule has 1 unspecified atom stereocenters. The molecule has 8 nitrogen and oxygen atoms in total. The third kappa shape index (κ3) is 3.96. The maximum atomic E-state index is 12.8. The van der Waals surface area contributed by atoms with E-state index in [1.807, 2.05) is 47.0 Å². The van der Waals surface area contributed by atoms with Crippen LogP contribution in [0.15, 0.2) is 42.6 Å². The molecule has 0 spiro atoms. The number of nitrogens with one attached hydrogen (secondary N) is 1. The number of amides is 1. The zero-order valence-electron chi connectivity index (χ0n) is 16.7. The molecule has 2 aromatic heterocycles. The first-order chi connectivity index (χ1) is 14.2. The van der Waals surface area contributed by atoms with E-state index < -0.39 is 0 Å². The molecule has 3 aromatic rings. The van der Waals surface area contributed by atoms with Crippen molar-refractivity contribution in [3.05, 3.63) is 48.2 Å². The fourth-order valence-corrected chi connectivity index (χ4v) is 3.74. The van der Waals surface area contributed by atoms with Crippen LogP contribution >= 0.6 is 0 Å². The second-order valence-electron chi connectivity index (χ2n) is 7.12. The number of fused-ring (bicyclic) bond motifs is 1. The van der Waals surface area contributed by atoms with Gasteiger partial charge in [0.15, 0.2) is 17.1 Å². The molecular weight excluding hydrogens is 370 g/mol. The lowest BCUT2D eigenvalue weighted by Crippen LogP contribution is -2.43. The molecule has 4 rings (SSSR count). The van der Waals surface area contributed by atoms with Crippen molar-refractivity contribution in [1.29, 1.82) is 0 Å². The van der Waals surface area contributed by atoms with E-state index >= 15 is 0 Å². The molecule has 1 fully saturated rings. The number of rotatable bonds is 6. The number of pyridine rings is 1. The van der Waals surface area contributed by atoms with Gasteiger partial charge in [0.2, 0.25) is 11.9 Å². The minimum Gasteiger partial charge on any atom is -0.493 e. The fourth-order valence-electron chi connectivity index (χ4n) is 3.74. The molecule has 29 heavy (non-hydrogen) atoms. The second kappa shape index (κ2) is 8.38. The van der Waals surface area contributed by atoms with Crippen molar-refractivity contribution in [2.75, 3.05) is 32.2 Å². The van der Waals surface area contributed by atoms with Crippen molar-refractivity contribution in [1.82, 2.24) is 19.9 Å². The summed E-state index contributed by atoms with van der Waals surface area (Å²) in [4.78, 5) is 14.9. The molecule has 8 heteroatoms. The van der Waals surface area contributed by atoms with E-state index in [-0.39, 0.29) is 11.8 Å². The van der Waals surface area contributed by atoms with Gasteiger partial charge >= 0.3 is 0 Å². The van der Waals surface area contributed by atoms with Crippen LogP contribution in [0.25, 0.3) is 5.65 Å². The highest BCUT2D eigenvalue weighted by Gasteiger charge is 2.28. The number of benzene rings is 1. The molecule has 1 aromatic carbocycles. The van der Waals surface area contributed by atoms with Crippen molar-refractivity contribution in [2.24, 2.45) is 5.92 Å². The van der Waals surface area contributed by atoms with Gasteiger partial charge in [-0.1, -0.05) is 12.1 Å². The van der Waals surface area contributed by atoms with Gasteiger partial charge in [0.25, 0.3) is 0 Å². The molecule has 0 radical (unpaired) electrons. The van der Waals surface area contributed by atoms with E-state index in [1.54, 1.807) is 14.2 Å². The van der Waals surface area contributed by atoms with Gasteiger partial charge in [0.05, 0.1) is 20.1 Å². The number of methoxy groups -OCH3 is 2. The highest BCUT2D eigenvalue weighted by atomic mass is 16.5. The van der Waals surface area contributed by atoms with Crippen LogP contribution in [0.3, 0.4) is 0 Å². The topological polar surface area (TPSA) is 81.0 Å². The number of nitrogens with zero attached hydrogens (tertiary/aromatic N) is 4. The summed E-state index contributed by atoms with van der Waals surface area (Å²) in [5, 5.41) is 11.6. The van der Waals surface area contributed by atoms with E-state index in [0.29, 0.717) is 24.6 Å². The first-order valence-corrected chi connectivity index (χ1v) is 9.73. The van der Waals surface area contributed by atoms with Crippen molar-refractivity contribution < 1.29 is 14.3 Å². The predicted octanol–water partition coefficient (Wildman–Crippen LogP) is 2.28. The summed E-state index contributed by atoms with van der Waals surface area (Å²) in [5.74, 6) is 2.09. The zero-order chi connectivity index (χ0) is 20.2. The lowest BCUT2D eigenvalue weighted by molar-refractivity contribution is -0.125. The van der Waals surface area contributed by atoms with Crippen LogP contribution < -0.4 is 19.7 Å². The average Bonchev–Trinajstić information content (AvgIpc) is 3.21. The normalized spacial score (nSPS) is 16.6. The molecule has 1 atom stereocenters. The number of ether oxygens (including phenoxy) is 2.